The van der Waals surface area contributed by atoms with Crippen LogP contribution >= 0.6 is 11.6 Å². The minimum atomic E-state index is -1.15. The lowest BCUT2D eigenvalue weighted by atomic mass is 9.91. The number of ether oxygens (including phenoxy) is 1. The van der Waals surface area contributed by atoms with Crippen LogP contribution in [0.5, 0.6) is 0 Å². The van der Waals surface area contributed by atoms with Crippen LogP contribution in [0.25, 0.3) is 0 Å². The van der Waals surface area contributed by atoms with Gasteiger partial charge in [-0.05, 0) is 62.9 Å². The Morgan fingerprint density at radius 1 is 0.971 bits per heavy atom. The average Bonchev–Trinajstić information content (AvgIpc) is 2.81. The number of alkyl carbamates (subject to hydrolysis) is 1. The van der Waals surface area contributed by atoms with E-state index in [9.17, 15) is 22.8 Å². The van der Waals surface area contributed by atoms with Gasteiger partial charge in [0.15, 0.2) is 17.6 Å². The predicted molar refractivity (Wildman–Crippen MR) is 126 cm³/mol. The maximum atomic E-state index is 14.2. The molecule has 0 heterocycles. The number of halogens is 4. The number of benzene rings is 2. The van der Waals surface area contributed by atoms with Gasteiger partial charge >= 0.3 is 6.09 Å². The molecule has 0 aliphatic heterocycles. The number of hydrogen-bond acceptors (Lipinski definition) is 4. The van der Waals surface area contributed by atoms with Gasteiger partial charge in [0.2, 0.25) is 0 Å². The molecule has 11 heteroatoms. The second kappa shape index (κ2) is 12.4. The van der Waals surface area contributed by atoms with Crippen molar-refractivity contribution in [1.82, 2.24) is 16.0 Å². The minimum Gasteiger partial charge on any atom is -0.450 e. The second-order valence-electron chi connectivity index (χ2n) is 8.04. The van der Waals surface area contributed by atoms with Crippen molar-refractivity contribution >= 4 is 29.6 Å². The van der Waals surface area contributed by atoms with Gasteiger partial charge in [0.1, 0.15) is 5.82 Å². The van der Waals surface area contributed by atoms with Crippen LogP contribution in [0.4, 0.5) is 18.0 Å². The lowest BCUT2D eigenvalue weighted by Gasteiger charge is -2.30. The van der Waals surface area contributed by atoms with Crippen molar-refractivity contribution in [2.45, 2.75) is 51.2 Å². The quantitative estimate of drug-likeness (QED) is 0.388. The van der Waals surface area contributed by atoms with Crippen molar-refractivity contribution in [1.29, 1.82) is 0 Å². The molecule has 2 amide bonds. The van der Waals surface area contributed by atoms with E-state index in [4.69, 9.17) is 16.3 Å². The zero-order valence-electron chi connectivity index (χ0n) is 19.0. The molecule has 0 spiro atoms. The Morgan fingerprint density at radius 2 is 1.66 bits per heavy atom. The highest BCUT2D eigenvalue weighted by Crippen LogP contribution is 2.19. The molecule has 7 nitrogen and oxygen atoms in total. The number of carbonyl (C=O) groups is 2. The van der Waals surface area contributed by atoms with E-state index in [1.807, 2.05) is 0 Å². The number of rotatable bonds is 6. The number of nitrogens with one attached hydrogen (secondary N) is 3. The minimum absolute atomic E-state index is 0.0348. The monoisotopic (exact) mass is 510 g/mol. The predicted octanol–water partition coefficient (Wildman–Crippen LogP) is 4.69. The van der Waals surface area contributed by atoms with Crippen LogP contribution in [-0.4, -0.2) is 36.7 Å². The Kier molecular flexibility index (Phi) is 9.36. The largest absolute Gasteiger partial charge is 0.450 e. The zero-order chi connectivity index (χ0) is 25.4. The van der Waals surface area contributed by atoms with Gasteiger partial charge in [-0.15, -0.1) is 0 Å². The fraction of sp³-hybridized carbons (Fsp3) is 0.375. The van der Waals surface area contributed by atoms with Gasteiger partial charge in [0.25, 0.3) is 5.91 Å². The summed E-state index contributed by atoms with van der Waals surface area (Å²) in [6.45, 7) is 1.92. The van der Waals surface area contributed by atoms with Crippen LogP contribution < -0.4 is 16.0 Å². The summed E-state index contributed by atoms with van der Waals surface area (Å²) in [5.41, 5.74) is 0.163. The third kappa shape index (κ3) is 7.88. The summed E-state index contributed by atoms with van der Waals surface area (Å²) in [5, 5.41) is 8.75. The Morgan fingerprint density at radius 3 is 2.29 bits per heavy atom. The van der Waals surface area contributed by atoms with Crippen molar-refractivity contribution in [3.05, 3.63) is 70.0 Å². The molecule has 188 valence electrons. The Labute approximate surface area is 206 Å². The van der Waals surface area contributed by atoms with Gasteiger partial charge in [-0.1, -0.05) is 17.7 Å². The third-order valence-corrected chi connectivity index (χ3v) is 5.74. The number of guanidine groups is 1. The molecule has 2 aromatic carbocycles. The molecular formula is C24H26ClF3N4O3. The SMILES string of the molecule is CCOC(=O)NC1CCC(NC(=NCc2ccc(Cl)cc2F)NC(=O)c2ccc(F)c(F)c2)CC1. The van der Waals surface area contributed by atoms with Crippen molar-refractivity contribution in [3.8, 4) is 0 Å². The molecule has 1 aliphatic rings. The Balaban J connectivity index is 1.69. The van der Waals surface area contributed by atoms with Gasteiger partial charge < -0.3 is 15.4 Å². The molecule has 1 fully saturated rings. The molecule has 3 N–H and O–H groups in total. The van der Waals surface area contributed by atoms with E-state index in [0.29, 0.717) is 25.7 Å². The van der Waals surface area contributed by atoms with E-state index in [1.165, 1.54) is 12.1 Å². The lowest BCUT2D eigenvalue weighted by molar-refractivity contribution is 0.0974. The van der Waals surface area contributed by atoms with Crippen molar-refractivity contribution < 1.29 is 27.5 Å². The normalized spacial score (nSPS) is 18.0. The first-order valence-corrected chi connectivity index (χ1v) is 11.6. The summed E-state index contributed by atoms with van der Waals surface area (Å²) in [6, 6.07) is 6.85. The molecule has 1 aliphatic carbocycles. The van der Waals surface area contributed by atoms with Gasteiger partial charge in [-0.3, -0.25) is 10.1 Å². The number of hydrogen-bond donors (Lipinski definition) is 3. The van der Waals surface area contributed by atoms with Crippen LogP contribution in [0.3, 0.4) is 0 Å². The lowest BCUT2D eigenvalue weighted by Crippen LogP contribution is -2.49. The number of nitrogens with zero attached hydrogens (tertiary/aromatic N) is 1. The highest BCUT2D eigenvalue weighted by Gasteiger charge is 2.24. The summed E-state index contributed by atoms with van der Waals surface area (Å²) in [5.74, 6) is -3.40. The van der Waals surface area contributed by atoms with E-state index in [2.05, 4.69) is 20.9 Å². The third-order valence-electron chi connectivity index (χ3n) is 5.50. The molecule has 0 aromatic heterocycles. The van der Waals surface area contributed by atoms with E-state index in [-0.39, 0.29) is 47.3 Å². The van der Waals surface area contributed by atoms with Gasteiger partial charge in [-0.2, -0.15) is 0 Å². The van der Waals surface area contributed by atoms with Crippen LogP contribution in [0.15, 0.2) is 41.4 Å². The summed E-state index contributed by atoms with van der Waals surface area (Å²) >= 11 is 5.79. The van der Waals surface area contributed by atoms with E-state index < -0.39 is 29.5 Å². The molecule has 0 bridgehead atoms. The fourth-order valence-electron chi connectivity index (χ4n) is 3.67. The summed E-state index contributed by atoms with van der Waals surface area (Å²) in [7, 11) is 0. The smallest absolute Gasteiger partial charge is 0.407 e. The standard InChI is InChI=1S/C24H26ClF3N4O3/c1-2-35-24(34)31-18-8-6-17(7-9-18)30-23(29-13-15-3-5-16(25)12-20(15)27)32-22(33)14-4-10-19(26)21(28)11-14/h3-5,10-12,17-18H,2,6-9,13H2,1H3,(H,31,34)(H2,29,30,32,33). The van der Waals surface area contributed by atoms with Crippen LogP contribution in [0.2, 0.25) is 5.02 Å². The van der Waals surface area contributed by atoms with Crippen molar-refractivity contribution in [3.63, 3.8) is 0 Å². The van der Waals surface area contributed by atoms with Crippen LogP contribution in [0.1, 0.15) is 48.5 Å². The van der Waals surface area contributed by atoms with Gasteiger partial charge in [-0.25, -0.2) is 23.0 Å². The summed E-state index contributed by atoms with van der Waals surface area (Å²) < 4.78 is 45.9. The first-order chi connectivity index (χ1) is 16.7. The average molecular weight is 511 g/mol. The molecule has 0 atom stereocenters. The molecule has 3 rings (SSSR count). The topological polar surface area (TPSA) is 91.8 Å². The summed E-state index contributed by atoms with van der Waals surface area (Å²) in [6.07, 6.45) is 2.20. The highest BCUT2D eigenvalue weighted by atomic mass is 35.5. The van der Waals surface area contributed by atoms with Gasteiger partial charge in [0, 0.05) is 28.2 Å². The van der Waals surface area contributed by atoms with E-state index in [1.54, 1.807) is 6.92 Å². The van der Waals surface area contributed by atoms with E-state index in [0.717, 1.165) is 24.3 Å². The number of carbonyl (C=O) groups excluding carboxylic acids is 2. The molecule has 1 saturated carbocycles. The highest BCUT2D eigenvalue weighted by molar-refractivity contribution is 6.30. The molecule has 0 saturated heterocycles. The van der Waals surface area contributed by atoms with Gasteiger partial charge in [0.05, 0.1) is 13.2 Å². The van der Waals surface area contributed by atoms with Crippen LogP contribution in [0, 0.1) is 17.5 Å². The molecular weight excluding hydrogens is 485 g/mol. The van der Waals surface area contributed by atoms with Crippen molar-refractivity contribution in [2.75, 3.05) is 6.61 Å². The maximum Gasteiger partial charge on any atom is 0.407 e. The second-order valence-corrected chi connectivity index (χ2v) is 8.48. The molecule has 0 unspecified atom stereocenters. The molecule has 0 radical (unpaired) electrons. The molecule has 35 heavy (non-hydrogen) atoms. The van der Waals surface area contributed by atoms with E-state index >= 15 is 0 Å². The molecule has 2 aromatic rings. The van der Waals surface area contributed by atoms with Crippen molar-refractivity contribution in [2.24, 2.45) is 4.99 Å². The fourth-order valence-corrected chi connectivity index (χ4v) is 3.83. The first kappa shape index (κ1) is 26.3. The zero-order valence-corrected chi connectivity index (χ0v) is 19.8. The Bertz CT molecular complexity index is 1090. The first-order valence-electron chi connectivity index (χ1n) is 11.2. The maximum absolute atomic E-state index is 14.2. The Hall–Kier alpha value is -3.27. The van der Waals surface area contributed by atoms with Crippen LogP contribution in [-0.2, 0) is 11.3 Å². The summed E-state index contributed by atoms with van der Waals surface area (Å²) in [4.78, 5) is 28.6. The number of aliphatic imine (C=N–C) groups is 1. The number of amides is 2.